The summed E-state index contributed by atoms with van der Waals surface area (Å²) in [5.74, 6) is 2.35. The standard InChI is InChI=1S/C35H62N4O4.2BrH/c1-24(40)42-32-21-26-9-10-27-28(35(26,4)23-31(32)37-15-19-39(7,8)20-16-37)11-12-34(3)29(27)22-30(33(34)43-25(2)41)36-13-17-38(5,6)18-14-36;;/h26-33H,9-23H2,1-8H3;2*1H/q+2;;/p-2. The minimum Gasteiger partial charge on any atom is -1.00 e. The van der Waals surface area contributed by atoms with Crippen molar-refractivity contribution in [2.75, 3.05) is 80.5 Å². The van der Waals surface area contributed by atoms with Crippen LogP contribution in [-0.4, -0.2) is 136 Å². The number of rotatable bonds is 4. The van der Waals surface area contributed by atoms with E-state index in [0.29, 0.717) is 35.8 Å². The number of hydrogen-bond donors (Lipinski definition) is 0. The number of fused-ring (bicyclic) bond motifs is 5. The van der Waals surface area contributed by atoms with Crippen molar-refractivity contribution in [2.45, 2.75) is 96.9 Å². The first-order valence-electron chi connectivity index (χ1n) is 17.6. The predicted molar refractivity (Wildman–Crippen MR) is 168 cm³/mol. The van der Waals surface area contributed by atoms with Crippen molar-refractivity contribution in [2.24, 2.45) is 34.5 Å². The van der Waals surface area contributed by atoms with Crippen LogP contribution in [0, 0.1) is 34.5 Å². The summed E-state index contributed by atoms with van der Waals surface area (Å²) in [4.78, 5) is 30.2. The maximum atomic E-state index is 12.5. The zero-order valence-corrected chi connectivity index (χ0v) is 32.6. The molecule has 4 aliphatic carbocycles. The Balaban J connectivity index is 0.00000230. The van der Waals surface area contributed by atoms with E-state index in [-0.39, 0.29) is 68.9 Å². The first kappa shape index (κ1) is 37.6. The normalized spacial score (nSPS) is 44.2. The van der Waals surface area contributed by atoms with Crippen LogP contribution in [0.5, 0.6) is 0 Å². The van der Waals surface area contributed by atoms with Gasteiger partial charge in [-0.2, -0.15) is 0 Å². The molecule has 0 aromatic carbocycles. The molecule has 0 N–H and O–H groups in total. The number of hydrogen-bond acceptors (Lipinski definition) is 6. The first-order valence-corrected chi connectivity index (χ1v) is 17.6. The maximum Gasteiger partial charge on any atom is 0.302 e. The average molecular weight is 763 g/mol. The molecule has 6 fully saturated rings. The van der Waals surface area contributed by atoms with Crippen LogP contribution in [0.3, 0.4) is 0 Å². The lowest BCUT2D eigenvalue weighted by Crippen LogP contribution is -3.00. The highest BCUT2D eigenvalue weighted by Gasteiger charge is 2.65. The van der Waals surface area contributed by atoms with Crippen molar-refractivity contribution in [3.05, 3.63) is 0 Å². The zero-order chi connectivity index (χ0) is 30.9. The van der Waals surface area contributed by atoms with E-state index in [1.807, 2.05) is 0 Å². The van der Waals surface area contributed by atoms with E-state index in [1.54, 1.807) is 13.8 Å². The van der Waals surface area contributed by atoms with Crippen molar-refractivity contribution >= 4 is 11.9 Å². The molecule has 0 aromatic rings. The Hall–Kier alpha value is -0.260. The Morgan fingerprint density at radius 2 is 1.22 bits per heavy atom. The number of nitrogens with zero attached hydrogens (tertiary/aromatic N) is 4. The lowest BCUT2D eigenvalue weighted by molar-refractivity contribution is -0.894. The highest BCUT2D eigenvalue weighted by atomic mass is 79.9. The molecule has 260 valence electrons. The largest absolute Gasteiger partial charge is 1.00 e. The van der Waals surface area contributed by atoms with Crippen LogP contribution in [-0.2, 0) is 19.1 Å². The number of halogens is 2. The van der Waals surface area contributed by atoms with Crippen LogP contribution in [0.15, 0.2) is 0 Å². The summed E-state index contributed by atoms with van der Waals surface area (Å²) in [5, 5.41) is 0. The van der Waals surface area contributed by atoms with Gasteiger partial charge < -0.3 is 52.4 Å². The molecular formula is C35H62Br2N4O4. The van der Waals surface area contributed by atoms with E-state index in [1.165, 1.54) is 25.7 Å². The molecule has 2 heterocycles. The van der Waals surface area contributed by atoms with Gasteiger partial charge in [-0.05, 0) is 74.0 Å². The Labute approximate surface area is 294 Å². The molecule has 10 unspecified atom stereocenters. The molecule has 8 nitrogen and oxygen atoms in total. The van der Waals surface area contributed by atoms with Gasteiger partial charge in [-0.3, -0.25) is 19.4 Å². The molecule has 0 bridgehead atoms. The topological polar surface area (TPSA) is 59.1 Å². The first-order chi connectivity index (χ1) is 20.1. The van der Waals surface area contributed by atoms with E-state index >= 15 is 0 Å². The molecule has 10 atom stereocenters. The molecule has 0 aromatic heterocycles. The van der Waals surface area contributed by atoms with E-state index in [4.69, 9.17) is 9.47 Å². The van der Waals surface area contributed by atoms with Crippen LogP contribution >= 0.6 is 0 Å². The van der Waals surface area contributed by atoms with Crippen LogP contribution < -0.4 is 34.0 Å². The van der Waals surface area contributed by atoms with Crippen LogP contribution in [0.25, 0.3) is 0 Å². The summed E-state index contributed by atoms with van der Waals surface area (Å²) in [5.41, 5.74) is 0.308. The van der Waals surface area contributed by atoms with Crippen molar-refractivity contribution in [3.63, 3.8) is 0 Å². The van der Waals surface area contributed by atoms with Gasteiger partial charge in [-0.25, -0.2) is 0 Å². The van der Waals surface area contributed by atoms with Crippen molar-refractivity contribution in [1.82, 2.24) is 9.80 Å². The number of piperazine rings is 2. The fourth-order valence-corrected chi connectivity index (χ4v) is 11.4. The average Bonchev–Trinajstić information content (AvgIpc) is 3.20. The van der Waals surface area contributed by atoms with Gasteiger partial charge in [0.05, 0.1) is 54.4 Å². The lowest BCUT2D eigenvalue weighted by atomic mass is 9.44. The van der Waals surface area contributed by atoms with Crippen LogP contribution in [0.4, 0.5) is 0 Å². The van der Waals surface area contributed by atoms with E-state index in [2.05, 4.69) is 51.8 Å². The van der Waals surface area contributed by atoms with Crippen molar-refractivity contribution in [3.8, 4) is 0 Å². The summed E-state index contributed by atoms with van der Waals surface area (Å²) in [6.07, 6.45) is 8.22. The minimum absolute atomic E-state index is 0. The predicted octanol–water partition coefficient (Wildman–Crippen LogP) is -2.36. The van der Waals surface area contributed by atoms with Crippen LogP contribution in [0.1, 0.15) is 72.6 Å². The highest BCUT2D eigenvalue weighted by Crippen LogP contribution is 2.67. The fourth-order valence-electron chi connectivity index (χ4n) is 11.4. The number of carbonyl (C=O) groups is 2. The van der Waals surface area contributed by atoms with Gasteiger partial charge in [0.1, 0.15) is 12.2 Å². The van der Waals surface area contributed by atoms with Crippen molar-refractivity contribution in [1.29, 1.82) is 0 Å². The number of quaternary nitrogens is 2. The SMILES string of the molecule is CC(=O)OC1CC2CCC3C(CCC4(C)C3CC(N3CC[N+](C)(C)CC3)C4OC(C)=O)C2(C)CC1N1CC[N+](C)(C)CC1.[Br-].[Br-]. The van der Waals surface area contributed by atoms with E-state index in [0.717, 1.165) is 80.6 Å². The van der Waals surface area contributed by atoms with Crippen LogP contribution in [0.2, 0.25) is 0 Å². The van der Waals surface area contributed by atoms with Gasteiger partial charge in [0.2, 0.25) is 0 Å². The second-order valence-electron chi connectivity index (χ2n) is 17.5. The molecule has 0 radical (unpaired) electrons. The molecule has 0 amide bonds. The molecular weight excluding hydrogens is 700 g/mol. The van der Waals surface area contributed by atoms with Gasteiger partial charge >= 0.3 is 11.9 Å². The zero-order valence-electron chi connectivity index (χ0n) is 29.4. The number of carbonyl (C=O) groups excluding carboxylic acids is 2. The Morgan fingerprint density at radius 3 is 1.76 bits per heavy atom. The summed E-state index contributed by atoms with van der Waals surface area (Å²) in [6.45, 7) is 17.3. The second-order valence-corrected chi connectivity index (χ2v) is 17.5. The Bertz CT molecular complexity index is 1070. The quantitative estimate of drug-likeness (QED) is 0.237. The molecule has 2 aliphatic heterocycles. The fraction of sp³-hybridized carbons (Fsp3) is 0.943. The second kappa shape index (κ2) is 13.6. The molecule has 45 heavy (non-hydrogen) atoms. The minimum atomic E-state index is -0.123. The van der Waals surface area contributed by atoms with Gasteiger partial charge in [-0.1, -0.05) is 13.8 Å². The lowest BCUT2D eigenvalue weighted by Gasteiger charge is -2.62. The number of likely N-dealkylation sites (N-methyl/N-ethyl adjacent to an activating group) is 2. The highest BCUT2D eigenvalue weighted by molar-refractivity contribution is 5.66. The maximum absolute atomic E-state index is 12.5. The third kappa shape index (κ3) is 7.08. The molecule has 10 heteroatoms. The van der Waals surface area contributed by atoms with Gasteiger partial charge in [0.15, 0.2) is 0 Å². The number of ether oxygens (including phenoxy) is 2. The third-order valence-corrected chi connectivity index (χ3v) is 14.1. The molecule has 0 spiro atoms. The Morgan fingerprint density at radius 1 is 0.689 bits per heavy atom. The molecule has 6 rings (SSSR count). The van der Waals surface area contributed by atoms with Crippen molar-refractivity contribution < 1.29 is 62.0 Å². The monoisotopic (exact) mass is 760 g/mol. The number of esters is 2. The summed E-state index contributed by atoms with van der Waals surface area (Å²) in [6, 6.07) is 0.656. The van der Waals surface area contributed by atoms with Gasteiger partial charge in [-0.15, -0.1) is 0 Å². The third-order valence-electron chi connectivity index (χ3n) is 14.1. The molecule has 2 saturated heterocycles. The summed E-state index contributed by atoms with van der Waals surface area (Å²) < 4.78 is 14.6. The smallest absolute Gasteiger partial charge is 0.302 e. The van der Waals surface area contributed by atoms with Gasteiger partial charge in [0, 0.05) is 57.5 Å². The summed E-state index contributed by atoms with van der Waals surface area (Å²) in [7, 11) is 9.36. The summed E-state index contributed by atoms with van der Waals surface area (Å²) >= 11 is 0. The van der Waals surface area contributed by atoms with Gasteiger partial charge in [0.25, 0.3) is 0 Å². The molecule has 6 aliphatic rings. The molecule has 4 saturated carbocycles. The Kier molecular flexibility index (Phi) is 11.3. The van der Waals surface area contributed by atoms with E-state index in [9.17, 15) is 9.59 Å². The van der Waals surface area contributed by atoms with E-state index < -0.39 is 0 Å².